The molecule has 0 atom stereocenters. The van der Waals surface area contributed by atoms with Crippen molar-refractivity contribution in [3.8, 4) is 0 Å². The lowest BCUT2D eigenvalue weighted by atomic mass is 9.90. The van der Waals surface area contributed by atoms with E-state index < -0.39 is 48.9 Å². The van der Waals surface area contributed by atoms with Crippen LogP contribution in [0.5, 0.6) is 0 Å². The van der Waals surface area contributed by atoms with Gasteiger partial charge in [-0.2, -0.15) is 4.90 Å². The van der Waals surface area contributed by atoms with Crippen molar-refractivity contribution in [1.82, 2.24) is 19.8 Å². The van der Waals surface area contributed by atoms with E-state index in [0.29, 0.717) is 59.4 Å². The molecule has 1 aliphatic heterocycles. The van der Waals surface area contributed by atoms with Crippen molar-refractivity contribution < 1.29 is 47.7 Å². The summed E-state index contributed by atoms with van der Waals surface area (Å²) >= 11 is 3.03. The Morgan fingerprint density at radius 1 is 1.07 bits per heavy atom. The molecule has 15 nitrogen and oxygen atoms in total. The number of carbonyl (C=O) groups excluding carboxylic acids is 6. The van der Waals surface area contributed by atoms with Crippen LogP contribution in [0.4, 0.5) is 20.3 Å². The fraction of sp³-hybridized carbons (Fsp3) is 0.478. The summed E-state index contributed by atoms with van der Waals surface area (Å²) in [6.07, 6.45) is 3.82. The highest BCUT2D eigenvalue weighted by Gasteiger charge is 2.41. The van der Waals surface area contributed by atoms with Crippen molar-refractivity contribution in [2.24, 2.45) is 0 Å². The number of hydrogen-bond donors (Lipinski definition) is 1. The number of carbonyl (C=O) groups is 6. The van der Waals surface area contributed by atoms with Gasteiger partial charge in [-0.3, -0.25) is 19.2 Å². The summed E-state index contributed by atoms with van der Waals surface area (Å²) in [6, 6.07) is 1.51. The highest BCUT2D eigenvalue weighted by atomic mass is 32.2. The third-order valence-electron chi connectivity index (χ3n) is 5.72. The maximum atomic E-state index is 12.6. The fourth-order valence-electron chi connectivity index (χ4n) is 3.84. The highest BCUT2D eigenvalue weighted by molar-refractivity contribution is 8.18. The van der Waals surface area contributed by atoms with Crippen LogP contribution in [-0.4, -0.2) is 102 Å². The normalized spacial score (nSPS) is 19.6. The Bertz CT molecular complexity index is 1190. The number of nitrogens with one attached hydrogen (secondary N) is 1. The second kappa shape index (κ2) is 14.6. The molecule has 0 bridgehead atoms. The minimum absolute atomic E-state index is 0.0223. The van der Waals surface area contributed by atoms with Gasteiger partial charge < -0.3 is 29.2 Å². The zero-order valence-corrected chi connectivity index (χ0v) is 23.7. The monoisotopic (exact) mass is 591 g/mol. The SMILES string of the molecule is CC(=O)OCOC(=O)N1C(=O)S/C(=C\c2ccnc(NC3CCC(N([CH2][Al])C(=O)OCOC(C)=O)CC3)n2)C1=O. The lowest BCUT2D eigenvalue weighted by Crippen LogP contribution is -2.45. The Balaban J connectivity index is 1.55. The molecule has 40 heavy (non-hydrogen) atoms. The first kappa shape index (κ1) is 30.9. The van der Waals surface area contributed by atoms with E-state index >= 15 is 0 Å². The van der Waals surface area contributed by atoms with Gasteiger partial charge in [0.1, 0.15) is 0 Å². The third-order valence-corrected chi connectivity index (χ3v) is 6.99. The second-order valence-electron chi connectivity index (χ2n) is 8.45. The number of esters is 2. The molecule has 17 heteroatoms. The molecular weight excluding hydrogens is 565 g/mol. The minimum Gasteiger partial charge on any atom is -0.428 e. The average Bonchev–Trinajstić information content (AvgIpc) is 3.17. The molecule has 2 radical (unpaired) electrons. The van der Waals surface area contributed by atoms with Gasteiger partial charge in [0.25, 0.3) is 5.91 Å². The molecule has 2 heterocycles. The van der Waals surface area contributed by atoms with Gasteiger partial charge in [0.2, 0.25) is 19.5 Å². The number of anilines is 1. The summed E-state index contributed by atoms with van der Waals surface area (Å²) in [5.74, 6) is -1.82. The van der Waals surface area contributed by atoms with Crippen molar-refractivity contribution in [1.29, 1.82) is 0 Å². The van der Waals surface area contributed by atoms with Gasteiger partial charge in [-0.05, 0) is 55.0 Å². The van der Waals surface area contributed by atoms with Gasteiger partial charge in [-0.25, -0.2) is 19.6 Å². The van der Waals surface area contributed by atoms with Gasteiger partial charge in [0, 0.05) is 32.1 Å². The molecule has 0 unspecified atom stereocenters. The number of imide groups is 3. The number of nitrogens with zero attached hydrogens (tertiary/aromatic N) is 4. The number of hydrogen-bond acceptors (Lipinski definition) is 14. The minimum atomic E-state index is -1.26. The molecule has 1 N–H and O–H groups in total. The molecule has 1 saturated heterocycles. The molecule has 2 aliphatic rings. The average molecular weight is 592 g/mol. The number of ether oxygens (including phenoxy) is 4. The largest absolute Gasteiger partial charge is 0.428 e. The smallest absolute Gasteiger partial charge is 0.427 e. The Morgan fingerprint density at radius 2 is 1.73 bits per heavy atom. The number of amides is 4. The first-order valence-corrected chi connectivity index (χ1v) is 13.7. The molecule has 1 aliphatic carbocycles. The van der Waals surface area contributed by atoms with Crippen LogP contribution in [0.3, 0.4) is 0 Å². The van der Waals surface area contributed by atoms with E-state index in [-0.39, 0.29) is 17.0 Å². The van der Waals surface area contributed by atoms with Crippen molar-refractivity contribution in [3.05, 3.63) is 22.9 Å². The zero-order chi connectivity index (χ0) is 29.2. The molecule has 3 rings (SSSR count). The van der Waals surface area contributed by atoms with Crippen LogP contribution in [-0.2, 0) is 33.3 Å². The van der Waals surface area contributed by atoms with Crippen LogP contribution in [0.25, 0.3) is 6.08 Å². The summed E-state index contributed by atoms with van der Waals surface area (Å²) < 4.78 is 18.8. The first-order valence-electron chi connectivity index (χ1n) is 12.0. The standard InChI is InChI=1S/C23H26N5O10S.Al/c1-13(29)35-11-37-21(32)27(3)17-6-4-15(5-7-17)25-20-24-9-8-16(26-20)10-18-19(31)28(23(34)39-18)22(33)38-12-36-14(2)30;/h8-10,15,17H,3-7,11-12H2,1-2H3,(H,24,25,26);/b18-10-;. The molecule has 0 spiro atoms. The van der Waals surface area contributed by atoms with Crippen LogP contribution < -0.4 is 5.32 Å². The summed E-state index contributed by atoms with van der Waals surface area (Å²) in [7, 11) is 0. The van der Waals surface area contributed by atoms with Gasteiger partial charge in [-0.15, -0.1) is 0 Å². The summed E-state index contributed by atoms with van der Waals surface area (Å²) in [5, 5.41) is 2.75. The summed E-state index contributed by atoms with van der Waals surface area (Å²) in [4.78, 5) is 81.3. The molecular formula is C23H26AlN5O10S. The lowest BCUT2D eigenvalue weighted by molar-refractivity contribution is -0.150. The van der Waals surface area contributed by atoms with E-state index in [4.69, 9.17) is 4.74 Å². The predicted molar refractivity (Wildman–Crippen MR) is 138 cm³/mol. The third kappa shape index (κ3) is 8.66. The highest BCUT2D eigenvalue weighted by Crippen LogP contribution is 2.32. The van der Waals surface area contributed by atoms with Crippen molar-refractivity contribution >= 4 is 75.3 Å². The maximum absolute atomic E-state index is 12.6. The van der Waals surface area contributed by atoms with Crippen LogP contribution in [0, 0.1) is 0 Å². The second-order valence-corrected chi connectivity index (χ2v) is 9.81. The molecule has 1 saturated carbocycles. The van der Waals surface area contributed by atoms with E-state index in [2.05, 4.69) is 45.8 Å². The quantitative estimate of drug-likeness (QED) is 0.190. The maximum Gasteiger partial charge on any atom is 0.427 e. The van der Waals surface area contributed by atoms with Crippen LogP contribution >= 0.6 is 11.8 Å². The van der Waals surface area contributed by atoms with Gasteiger partial charge in [0.05, 0.1) is 10.6 Å². The van der Waals surface area contributed by atoms with Crippen LogP contribution in [0.2, 0.25) is 0 Å². The molecule has 1 aromatic heterocycles. The van der Waals surface area contributed by atoms with Crippen LogP contribution in [0.1, 0.15) is 45.2 Å². The molecule has 0 aromatic carbocycles. The molecule has 1 aromatic rings. The number of rotatable bonds is 9. The van der Waals surface area contributed by atoms with Crippen molar-refractivity contribution in [2.75, 3.05) is 24.3 Å². The van der Waals surface area contributed by atoms with Crippen LogP contribution in [0.15, 0.2) is 17.2 Å². The Morgan fingerprint density at radius 3 is 2.35 bits per heavy atom. The molecule has 212 valence electrons. The van der Waals surface area contributed by atoms with Crippen molar-refractivity contribution in [3.63, 3.8) is 0 Å². The molecule has 4 amide bonds. The van der Waals surface area contributed by atoms with E-state index in [0.717, 1.165) is 6.92 Å². The number of aromatic nitrogens is 2. The molecule has 2 fully saturated rings. The van der Waals surface area contributed by atoms with Gasteiger partial charge in [-0.1, -0.05) is 0 Å². The Hall–Kier alpha value is -3.68. The number of thioether (sulfide) groups is 1. The first-order chi connectivity index (χ1) is 19.1. The van der Waals surface area contributed by atoms with E-state index in [1.807, 2.05) is 0 Å². The van der Waals surface area contributed by atoms with E-state index in [1.165, 1.54) is 25.3 Å². The summed E-state index contributed by atoms with van der Waals surface area (Å²) in [5.41, 5.74) is 0.328. The Labute approximate surface area is 241 Å². The topological polar surface area (TPSA) is 184 Å². The zero-order valence-electron chi connectivity index (χ0n) is 21.7. The fourth-order valence-corrected chi connectivity index (χ4v) is 5.08. The van der Waals surface area contributed by atoms with Gasteiger partial charge >= 0.3 is 29.4 Å². The van der Waals surface area contributed by atoms with Crippen molar-refractivity contribution in [2.45, 2.75) is 51.6 Å². The van der Waals surface area contributed by atoms with Gasteiger partial charge in [0.15, 0.2) is 16.3 Å². The summed E-state index contributed by atoms with van der Waals surface area (Å²) in [6.45, 7) is 1.17. The van der Waals surface area contributed by atoms with E-state index in [1.54, 1.807) is 4.90 Å². The Kier molecular flexibility index (Phi) is 11.3. The van der Waals surface area contributed by atoms with E-state index in [9.17, 15) is 28.8 Å². The predicted octanol–water partition coefficient (Wildman–Crippen LogP) is 1.98. The lowest BCUT2D eigenvalue weighted by Gasteiger charge is -2.36.